The number of rotatable bonds is 4. The molecule has 1 fully saturated rings. The summed E-state index contributed by atoms with van der Waals surface area (Å²) in [6, 6.07) is 11.5. The zero-order chi connectivity index (χ0) is 19.9. The van der Waals surface area contributed by atoms with Gasteiger partial charge in [-0.1, -0.05) is 23.7 Å². The van der Waals surface area contributed by atoms with Crippen molar-refractivity contribution in [3.05, 3.63) is 65.1 Å². The molecular weight excluding hydrogens is 385 g/mol. The topological polar surface area (TPSA) is 85.4 Å². The van der Waals surface area contributed by atoms with Crippen LogP contribution in [0.1, 0.15) is 12.0 Å². The number of carbonyl (C=O) groups excluding carboxylic acids is 2. The standard InChI is InChI=1S/C20H17ClFN3O3/c21-17-13(2-1-3-15(17)22)11-24-18(26)20(28)7-9-25(19(20)27)14-4-5-16-12(10-14)6-8-23-16/h1-6,8,10,23,28H,7,9,11H2,(H,24,26). The van der Waals surface area contributed by atoms with Crippen molar-refractivity contribution in [2.75, 3.05) is 11.4 Å². The van der Waals surface area contributed by atoms with Crippen molar-refractivity contribution in [1.29, 1.82) is 0 Å². The molecule has 2 amide bonds. The fourth-order valence-corrected chi connectivity index (χ4v) is 3.57. The molecule has 0 bridgehead atoms. The number of hydrogen-bond acceptors (Lipinski definition) is 3. The molecule has 4 rings (SSSR count). The summed E-state index contributed by atoms with van der Waals surface area (Å²) in [5.74, 6) is -2.12. The summed E-state index contributed by atoms with van der Waals surface area (Å²) in [6.45, 7) is 0.111. The van der Waals surface area contributed by atoms with Crippen LogP contribution in [0.5, 0.6) is 0 Å². The number of carbonyl (C=O) groups is 2. The van der Waals surface area contributed by atoms with E-state index in [2.05, 4.69) is 10.3 Å². The number of fused-ring (bicyclic) bond motifs is 1. The lowest BCUT2D eigenvalue weighted by Gasteiger charge is -2.22. The lowest BCUT2D eigenvalue weighted by Crippen LogP contribution is -2.52. The summed E-state index contributed by atoms with van der Waals surface area (Å²) >= 11 is 5.87. The molecule has 3 N–H and O–H groups in total. The van der Waals surface area contributed by atoms with Gasteiger partial charge in [-0.25, -0.2) is 4.39 Å². The number of aliphatic hydroxyl groups is 1. The van der Waals surface area contributed by atoms with Crippen LogP contribution in [-0.2, 0) is 16.1 Å². The maximum absolute atomic E-state index is 13.5. The van der Waals surface area contributed by atoms with E-state index in [1.165, 1.54) is 17.0 Å². The number of aromatic amines is 1. The zero-order valence-corrected chi connectivity index (χ0v) is 15.5. The lowest BCUT2D eigenvalue weighted by molar-refractivity contribution is -0.149. The van der Waals surface area contributed by atoms with Crippen molar-refractivity contribution < 1.29 is 19.1 Å². The number of anilines is 1. The van der Waals surface area contributed by atoms with Gasteiger partial charge in [-0.05, 0) is 35.9 Å². The molecule has 3 aromatic rings. The van der Waals surface area contributed by atoms with Crippen molar-refractivity contribution in [3.8, 4) is 0 Å². The summed E-state index contributed by atoms with van der Waals surface area (Å²) in [7, 11) is 0. The van der Waals surface area contributed by atoms with Crippen LogP contribution in [0.2, 0.25) is 5.02 Å². The van der Waals surface area contributed by atoms with Crippen molar-refractivity contribution in [2.24, 2.45) is 0 Å². The first-order valence-corrected chi connectivity index (χ1v) is 9.10. The molecule has 28 heavy (non-hydrogen) atoms. The number of amides is 2. The Morgan fingerprint density at radius 2 is 2.14 bits per heavy atom. The van der Waals surface area contributed by atoms with Gasteiger partial charge < -0.3 is 20.3 Å². The lowest BCUT2D eigenvalue weighted by atomic mass is 10.0. The third-order valence-corrected chi connectivity index (χ3v) is 5.41. The number of H-pyrrole nitrogens is 1. The Balaban J connectivity index is 1.50. The molecule has 0 spiro atoms. The minimum absolute atomic E-state index is 0.0419. The van der Waals surface area contributed by atoms with Crippen LogP contribution in [0.3, 0.4) is 0 Å². The van der Waals surface area contributed by atoms with Gasteiger partial charge in [0.1, 0.15) is 5.82 Å². The van der Waals surface area contributed by atoms with Crippen LogP contribution in [0.25, 0.3) is 10.9 Å². The Morgan fingerprint density at radius 3 is 2.96 bits per heavy atom. The third-order valence-electron chi connectivity index (χ3n) is 4.99. The molecule has 0 aliphatic carbocycles. The van der Waals surface area contributed by atoms with Crippen LogP contribution in [0, 0.1) is 5.82 Å². The average molecular weight is 402 g/mol. The van der Waals surface area contributed by atoms with Gasteiger partial charge in [0.15, 0.2) is 0 Å². The highest BCUT2D eigenvalue weighted by atomic mass is 35.5. The van der Waals surface area contributed by atoms with Gasteiger partial charge in [-0.15, -0.1) is 0 Å². The summed E-state index contributed by atoms with van der Waals surface area (Å²) in [6.07, 6.45) is 1.75. The molecule has 6 nitrogen and oxygen atoms in total. The number of aromatic nitrogens is 1. The smallest absolute Gasteiger partial charge is 0.268 e. The highest BCUT2D eigenvalue weighted by Crippen LogP contribution is 2.30. The molecule has 1 aliphatic heterocycles. The van der Waals surface area contributed by atoms with E-state index < -0.39 is 23.2 Å². The summed E-state index contributed by atoms with van der Waals surface area (Å²) in [5, 5.41) is 14.0. The van der Waals surface area contributed by atoms with E-state index in [1.54, 1.807) is 18.3 Å². The SMILES string of the molecule is O=C(NCc1cccc(F)c1Cl)C1(O)CCN(c2ccc3[nH]ccc3c2)C1=O. The van der Waals surface area contributed by atoms with E-state index in [-0.39, 0.29) is 24.5 Å². The Labute approximate surface area is 164 Å². The van der Waals surface area contributed by atoms with Crippen molar-refractivity contribution in [3.63, 3.8) is 0 Å². The van der Waals surface area contributed by atoms with Gasteiger partial charge in [0.25, 0.3) is 11.8 Å². The first-order chi connectivity index (χ1) is 13.4. The van der Waals surface area contributed by atoms with Gasteiger partial charge >= 0.3 is 0 Å². The van der Waals surface area contributed by atoms with Crippen LogP contribution in [-0.4, -0.2) is 34.1 Å². The Hall–Kier alpha value is -2.90. The maximum atomic E-state index is 13.5. The Morgan fingerprint density at radius 1 is 1.32 bits per heavy atom. The molecule has 144 valence electrons. The first kappa shape index (κ1) is 18.5. The number of nitrogens with zero attached hydrogens (tertiary/aromatic N) is 1. The van der Waals surface area contributed by atoms with E-state index in [0.717, 1.165) is 10.9 Å². The van der Waals surface area contributed by atoms with Crippen LogP contribution < -0.4 is 10.2 Å². The molecular formula is C20H17ClFN3O3. The molecule has 1 unspecified atom stereocenters. The largest absolute Gasteiger partial charge is 0.372 e. The number of halogens is 2. The van der Waals surface area contributed by atoms with E-state index in [4.69, 9.17) is 11.6 Å². The molecule has 2 heterocycles. The third kappa shape index (κ3) is 3.02. The van der Waals surface area contributed by atoms with Crippen LogP contribution >= 0.6 is 11.6 Å². The van der Waals surface area contributed by atoms with E-state index >= 15 is 0 Å². The summed E-state index contributed by atoms with van der Waals surface area (Å²) in [5.41, 5.74) is -0.282. The molecule has 1 saturated heterocycles. The van der Waals surface area contributed by atoms with E-state index in [9.17, 15) is 19.1 Å². The van der Waals surface area contributed by atoms with E-state index in [0.29, 0.717) is 11.3 Å². The second-order valence-electron chi connectivity index (χ2n) is 6.71. The van der Waals surface area contributed by atoms with Crippen molar-refractivity contribution in [2.45, 2.75) is 18.6 Å². The van der Waals surface area contributed by atoms with Crippen LogP contribution in [0.15, 0.2) is 48.7 Å². The van der Waals surface area contributed by atoms with Crippen molar-refractivity contribution >= 4 is 40.0 Å². The quantitative estimate of drug-likeness (QED) is 0.588. The molecule has 1 aliphatic rings. The molecule has 8 heteroatoms. The molecule has 1 aromatic heterocycles. The maximum Gasteiger partial charge on any atom is 0.268 e. The second-order valence-corrected chi connectivity index (χ2v) is 7.09. The second kappa shape index (κ2) is 6.92. The van der Waals surface area contributed by atoms with Gasteiger partial charge in [0.2, 0.25) is 5.60 Å². The van der Waals surface area contributed by atoms with Crippen molar-refractivity contribution in [1.82, 2.24) is 10.3 Å². The minimum atomic E-state index is -2.17. The Bertz CT molecular complexity index is 1080. The van der Waals surface area contributed by atoms with Gasteiger partial charge in [-0.3, -0.25) is 9.59 Å². The van der Waals surface area contributed by atoms with Crippen LogP contribution in [0.4, 0.5) is 10.1 Å². The zero-order valence-electron chi connectivity index (χ0n) is 14.7. The first-order valence-electron chi connectivity index (χ1n) is 8.73. The summed E-state index contributed by atoms with van der Waals surface area (Å²) < 4.78 is 13.5. The highest BCUT2D eigenvalue weighted by molar-refractivity contribution is 6.31. The van der Waals surface area contributed by atoms with E-state index in [1.807, 2.05) is 18.2 Å². The predicted molar refractivity (Wildman–Crippen MR) is 103 cm³/mol. The molecule has 1 atom stereocenters. The number of benzene rings is 2. The monoisotopic (exact) mass is 401 g/mol. The molecule has 0 saturated carbocycles. The fourth-order valence-electron chi connectivity index (χ4n) is 3.38. The Kier molecular flexibility index (Phi) is 4.56. The van der Waals surface area contributed by atoms with Gasteiger partial charge in [-0.2, -0.15) is 0 Å². The normalized spacial score (nSPS) is 19.4. The minimum Gasteiger partial charge on any atom is -0.372 e. The van der Waals surface area contributed by atoms with Gasteiger partial charge in [0, 0.05) is 42.3 Å². The highest BCUT2D eigenvalue weighted by Gasteiger charge is 2.51. The number of nitrogens with one attached hydrogen (secondary N) is 2. The fraction of sp³-hybridized carbons (Fsp3) is 0.200. The molecule has 2 aromatic carbocycles. The molecule has 0 radical (unpaired) electrons. The predicted octanol–water partition coefficient (Wildman–Crippen LogP) is 2.74. The summed E-state index contributed by atoms with van der Waals surface area (Å²) in [4.78, 5) is 29.8. The number of hydrogen-bond donors (Lipinski definition) is 3. The average Bonchev–Trinajstić information content (AvgIpc) is 3.27. The van der Waals surface area contributed by atoms with Gasteiger partial charge in [0.05, 0.1) is 5.02 Å².